The number of fused-ring (bicyclic) bond motifs is 1. The van der Waals surface area contributed by atoms with Crippen molar-refractivity contribution >= 4 is 16.0 Å². The molecule has 0 saturated carbocycles. The molecule has 1 N–H and O–H groups in total. The van der Waals surface area contributed by atoms with Gasteiger partial charge in [0, 0.05) is 38.0 Å². The third-order valence-corrected chi connectivity index (χ3v) is 5.73. The molecule has 0 aromatic carbocycles. The number of sulfonamides is 1. The number of rotatable bonds is 4. The fourth-order valence-electron chi connectivity index (χ4n) is 3.24. The lowest BCUT2D eigenvalue weighted by atomic mass is 9.86. The van der Waals surface area contributed by atoms with Gasteiger partial charge in [-0.05, 0) is 25.8 Å². The van der Waals surface area contributed by atoms with E-state index in [2.05, 4.69) is 19.6 Å². The quantitative estimate of drug-likeness (QED) is 0.862. The monoisotopic (exact) mass is 326 g/mol. The zero-order valence-electron chi connectivity index (χ0n) is 12.7. The molecule has 2 saturated heterocycles. The van der Waals surface area contributed by atoms with Gasteiger partial charge in [0.1, 0.15) is 0 Å². The van der Waals surface area contributed by atoms with E-state index >= 15 is 0 Å². The molecule has 0 unspecified atom stereocenters. The summed E-state index contributed by atoms with van der Waals surface area (Å²) < 4.78 is 32.6. The maximum atomic E-state index is 12.0. The van der Waals surface area contributed by atoms with Crippen LogP contribution in [0.2, 0.25) is 0 Å². The Hall–Kier alpha value is -1.25. The smallest absolute Gasteiger partial charge is 0.225 e. The second-order valence-corrected chi connectivity index (χ2v) is 7.86. The molecule has 1 aromatic heterocycles. The average molecular weight is 326 g/mol. The van der Waals surface area contributed by atoms with Gasteiger partial charge in [0.15, 0.2) is 0 Å². The standard InChI is InChI=1S/C14H22N4O3S/c1-2-22(19,20)17-12-10-18(14-15-6-4-7-16-14)9-11-5-3-8-21-13(11)12/h4,6-7,11-13,17H,2-3,5,8-10H2,1H3/t11-,12+,13-/m0/s1. The Bertz CT molecular complexity index is 595. The first-order valence-electron chi connectivity index (χ1n) is 7.72. The minimum atomic E-state index is -3.27. The van der Waals surface area contributed by atoms with E-state index in [1.54, 1.807) is 25.4 Å². The van der Waals surface area contributed by atoms with Gasteiger partial charge in [-0.25, -0.2) is 23.1 Å². The van der Waals surface area contributed by atoms with Crippen LogP contribution in [0.4, 0.5) is 5.95 Å². The van der Waals surface area contributed by atoms with Gasteiger partial charge in [-0.3, -0.25) is 0 Å². The molecule has 0 aliphatic carbocycles. The summed E-state index contributed by atoms with van der Waals surface area (Å²) in [5.74, 6) is 1.02. The maximum absolute atomic E-state index is 12.0. The fraction of sp³-hybridized carbons (Fsp3) is 0.714. The van der Waals surface area contributed by atoms with E-state index in [1.165, 1.54) is 0 Å². The molecule has 1 aromatic rings. The van der Waals surface area contributed by atoms with Crippen molar-refractivity contribution in [2.45, 2.75) is 31.9 Å². The van der Waals surface area contributed by atoms with E-state index in [4.69, 9.17) is 4.74 Å². The Morgan fingerprint density at radius 3 is 2.86 bits per heavy atom. The van der Waals surface area contributed by atoms with Crippen molar-refractivity contribution in [1.29, 1.82) is 0 Å². The molecule has 3 heterocycles. The minimum Gasteiger partial charge on any atom is -0.376 e. The van der Waals surface area contributed by atoms with Crippen molar-refractivity contribution in [2.24, 2.45) is 5.92 Å². The Labute approximate surface area is 131 Å². The topological polar surface area (TPSA) is 84.4 Å². The van der Waals surface area contributed by atoms with Gasteiger partial charge in [-0.1, -0.05) is 0 Å². The van der Waals surface area contributed by atoms with E-state index in [1.807, 2.05) is 0 Å². The van der Waals surface area contributed by atoms with Crippen molar-refractivity contribution < 1.29 is 13.2 Å². The summed E-state index contributed by atoms with van der Waals surface area (Å²) in [5.41, 5.74) is 0. The minimum absolute atomic E-state index is 0.0602. The predicted octanol–water partition coefficient (Wildman–Crippen LogP) is 0.400. The Morgan fingerprint density at radius 1 is 1.36 bits per heavy atom. The van der Waals surface area contributed by atoms with Crippen LogP contribution in [0.5, 0.6) is 0 Å². The zero-order chi connectivity index (χ0) is 15.6. The van der Waals surface area contributed by atoms with Crippen molar-refractivity contribution in [3.05, 3.63) is 18.5 Å². The third-order valence-electron chi connectivity index (χ3n) is 4.31. The molecule has 0 radical (unpaired) electrons. The Balaban J connectivity index is 1.82. The van der Waals surface area contributed by atoms with Gasteiger partial charge in [-0.15, -0.1) is 0 Å². The third kappa shape index (κ3) is 3.39. The van der Waals surface area contributed by atoms with Crippen LogP contribution >= 0.6 is 0 Å². The second-order valence-electron chi connectivity index (χ2n) is 5.82. The molecular weight excluding hydrogens is 304 g/mol. The number of ether oxygens (including phenoxy) is 1. The summed E-state index contributed by atoms with van der Waals surface area (Å²) in [6.45, 7) is 3.68. The SMILES string of the molecule is CCS(=O)(=O)N[C@@H]1CN(c2ncccn2)C[C@@H]2CCCO[C@@H]21. The number of nitrogens with zero attached hydrogens (tertiary/aromatic N) is 3. The molecule has 3 rings (SSSR count). The van der Waals surface area contributed by atoms with Crippen LogP contribution < -0.4 is 9.62 Å². The highest BCUT2D eigenvalue weighted by atomic mass is 32.2. The molecule has 22 heavy (non-hydrogen) atoms. The van der Waals surface area contributed by atoms with Gasteiger partial charge in [0.25, 0.3) is 0 Å². The number of anilines is 1. The largest absolute Gasteiger partial charge is 0.376 e. The molecule has 2 fully saturated rings. The van der Waals surface area contributed by atoms with Crippen molar-refractivity contribution in [1.82, 2.24) is 14.7 Å². The van der Waals surface area contributed by atoms with Gasteiger partial charge in [0.05, 0.1) is 17.9 Å². The number of aromatic nitrogens is 2. The van der Waals surface area contributed by atoms with Gasteiger partial charge < -0.3 is 9.64 Å². The highest BCUT2D eigenvalue weighted by Gasteiger charge is 2.41. The van der Waals surface area contributed by atoms with E-state index in [0.29, 0.717) is 25.0 Å². The summed E-state index contributed by atoms with van der Waals surface area (Å²) >= 11 is 0. The molecule has 122 valence electrons. The second kappa shape index (κ2) is 6.47. The van der Waals surface area contributed by atoms with Crippen LogP contribution in [0.1, 0.15) is 19.8 Å². The summed E-state index contributed by atoms with van der Waals surface area (Å²) in [6.07, 6.45) is 5.40. The summed E-state index contributed by atoms with van der Waals surface area (Å²) in [5, 5.41) is 0. The summed E-state index contributed by atoms with van der Waals surface area (Å²) in [4.78, 5) is 10.6. The van der Waals surface area contributed by atoms with Crippen molar-refractivity contribution in [3.8, 4) is 0 Å². The highest BCUT2D eigenvalue weighted by molar-refractivity contribution is 7.89. The Kier molecular flexibility index (Phi) is 4.60. The molecular formula is C14H22N4O3S. The molecule has 2 aliphatic rings. The predicted molar refractivity (Wildman–Crippen MR) is 83.1 cm³/mol. The van der Waals surface area contributed by atoms with E-state index in [0.717, 1.165) is 19.4 Å². The van der Waals surface area contributed by atoms with Crippen LogP contribution in [-0.4, -0.2) is 56.0 Å². The van der Waals surface area contributed by atoms with Crippen molar-refractivity contribution in [3.63, 3.8) is 0 Å². The molecule has 0 spiro atoms. The zero-order valence-corrected chi connectivity index (χ0v) is 13.5. The first kappa shape index (κ1) is 15.6. The first-order chi connectivity index (χ1) is 10.6. The number of nitrogens with one attached hydrogen (secondary N) is 1. The molecule has 7 nitrogen and oxygen atoms in total. The van der Waals surface area contributed by atoms with E-state index < -0.39 is 10.0 Å². The molecule has 2 aliphatic heterocycles. The van der Waals surface area contributed by atoms with Crippen molar-refractivity contribution in [2.75, 3.05) is 30.3 Å². The lowest BCUT2D eigenvalue weighted by Crippen LogP contribution is -2.61. The number of piperidine rings is 1. The van der Waals surface area contributed by atoms with Crippen LogP contribution in [0.15, 0.2) is 18.5 Å². The lowest BCUT2D eigenvalue weighted by molar-refractivity contribution is -0.0496. The van der Waals surface area contributed by atoms with E-state index in [9.17, 15) is 8.42 Å². The lowest BCUT2D eigenvalue weighted by Gasteiger charge is -2.45. The number of hydrogen-bond donors (Lipinski definition) is 1. The average Bonchev–Trinajstić information content (AvgIpc) is 2.55. The summed E-state index contributed by atoms with van der Waals surface area (Å²) in [6, 6.07) is 1.52. The fourth-order valence-corrected chi connectivity index (χ4v) is 4.08. The molecule has 0 amide bonds. The highest BCUT2D eigenvalue weighted by Crippen LogP contribution is 2.30. The molecule has 8 heteroatoms. The summed E-state index contributed by atoms with van der Waals surface area (Å²) in [7, 11) is -3.27. The first-order valence-corrected chi connectivity index (χ1v) is 9.38. The van der Waals surface area contributed by atoms with Gasteiger partial charge in [0.2, 0.25) is 16.0 Å². The number of hydrogen-bond acceptors (Lipinski definition) is 6. The van der Waals surface area contributed by atoms with Crippen LogP contribution in [-0.2, 0) is 14.8 Å². The Morgan fingerprint density at radius 2 is 2.14 bits per heavy atom. The molecule has 3 atom stereocenters. The molecule has 0 bridgehead atoms. The van der Waals surface area contributed by atoms with Gasteiger partial charge in [-0.2, -0.15) is 0 Å². The van der Waals surface area contributed by atoms with Gasteiger partial charge >= 0.3 is 0 Å². The van der Waals surface area contributed by atoms with Crippen LogP contribution in [0.3, 0.4) is 0 Å². The normalized spacial score (nSPS) is 29.1. The maximum Gasteiger partial charge on any atom is 0.225 e. The van der Waals surface area contributed by atoms with Crippen LogP contribution in [0.25, 0.3) is 0 Å². The van der Waals surface area contributed by atoms with Crippen LogP contribution in [0, 0.1) is 5.92 Å². The van der Waals surface area contributed by atoms with E-state index in [-0.39, 0.29) is 17.9 Å².